The average Bonchev–Trinajstić information content (AvgIpc) is 3.44. The summed E-state index contributed by atoms with van der Waals surface area (Å²) in [7, 11) is 0. The normalized spacial score (nSPS) is 19.5. The van der Waals surface area contributed by atoms with Crippen molar-refractivity contribution in [2.24, 2.45) is 0 Å². The van der Waals surface area contributed by atoms with Crippen LogP contribution in [-0.2, 0) is 22.7 Å². The molecule has 0 aliphatic heterocycles. The highest BCUT2D eigenvalue weighted by Crippen LogP contribution is 2.54. The van der Waals surface area contributed by atoms with Crippen molar-refractivity contribution in [2.45, 2.75) is 96.3 Å². The first-order chi connectivity index (χ1) is 14.6. The Bertz CT molecular complexity index is 1090. The molecule has 2 aromatic carbocycles. The maximum atomic E-state index is 2.61. The van der Waals surface area contributed by atoms with E-state index in [1.165, 1.54) is 53.5 Å². The Labute approximate surface area is 189 Å². The first kappa shape index (κ1) is 20.8. The molecule has 0 unspecified atom stereocenters. The van der Waals surface area contributed by atoms with Crippen molar-refractivity contribution in [1.29, 1.82) is 0 Å². The zero-order valence-electron chi connectivity index (χ0n) is 20.4. The van der Waals surface area contributed by atoms with E-state index < -0.39 is 0 Å². The lowest BCUT2D eigenvalue weighted by molar-refractivity contribution is 0.507. The Hall–Kier alpha value is -2.08. The molecule has 31 heavy (non-hydrogen) atoms. The molecule has 0 saturated heterocycles. The fraction of sp³-hybridized carbons (Fsp3) is 0.484. The van der Waals surface area contributed by atoms with Crippen LogP contribution >= 0.6 is 0 Å². The van der Waals surface area contributed by atoms with Gasteiger partial charge in [-0.15, -0.1) is 0 Å². The highest BCUT2D eigenvalue weighted by molar-refractivity contribution is 5.80. The Morgan fingerprint density at radius 2 is 1.45 bits per heavy atom. The van der Waals surface area contributed by atoms with E-state index in [0.717, 1.165) is 12.8 Å². The number of allylic oxidation sites excluding steroid dienone is 4. The lowest BCUT2D eigenvalue weighted by Gasteiger charge is -2.35. The molecule has 0 aromatic heterocycles. The average molecular weight is 411 g/mol. The van der Waals surface area contributed by atoms with Crippen LogP contribution in [-0.4, -0.2) is 0 Å². The maximum Gasteiger partial charge on any atom is 0.0171 e. The lowest BCUT2D eigenvalue weighted by atomic mass is 9.68. The van der Waals surface area contributed by atoms with E-state index in [0.29, 0.717) is 0 Å². The second-order valence-electron chi connectivity index (χ2n) is 12.2. The van der Waals surface area contributed by atoms with Crippen molar-refractivity contribution >= 4 is 0 Å². The van der Waals surface area contributed by atoms with E-state index in [1.807, 2.05) is 0 Å². The summed E-state index contributed by atoms with van der Waals surface area (Å²) in [5, 5.41) is 0. The predicted molar refractivity (Wildman–Crippen MR) is 134 cm³/mol. The molecule has 0 heterocycles. The van der Waals surface area contributed by atoms with Crippen LogP contribution in [0.2, 0.25) is 0 Å². The van der Waals surface area contributed by atoms with Crippen LogP contribution in [0.5, 0.6) is 0 Å². The number of hydrogen-bond acceptors (Lipinski definition) is 0. The van der Waals surface area contributed by atoms with Gasteiger partial charge in [-0.05, 0) is 75.5 Å². The second-order valence-corrected chi connectivity index (χ2v) is 12.2. The molecule has 1 fully saturated rings. The summed E-state index contributed by atoms with van der Waals surface area (Å²) in [4.78, 5) is 0. The van der Waals surface area contributed by atoms with E-state index in [2.05, 4.69) is 90.1 Å². The van der Waals surface area contributed by atoms with Crippen LogP contribution in [0.25, 0.3) is 11.1 Å². The van der Waals surface area contributed by atoms with Crippen molar-refractivity contribution in [2.75, 3.05) is 0 Å². The SMILES string of the molecule is CC(C)(C)c1ccc2c(c1)-c1cc(C(C)(C)C)cc(C3(C4=CC=CC4)CCCC3)c1C2. The summed E-state index contributed by atoms with van der Waals surface area (Å²) in [5.74, 6) is 0. The molecule has 1 saturated carbocycles. The van der Waals surface area contributed by atoms with E-state index in [1.54, 1.807) is 16.7 Å². The third kappa shape index (κ3) is 3.34. The van der Waals surface area contributed by atoms with Crippen molar-refractivity contribution in [1.82, 2.24) is 0 Å². The summed E-state index contributed by atoms with van der Waals surface area (Å²) < 4.78 is 0. The van der Waals surface area contributed by atoms with Crippen molar-refractivity contribution < 1.29 is 0 Å². The molecule has 0 N–H and O–H groups in total. The maximum absolute atomic E-state index is 2.61. The number of rotatable bonds is 2. The van der Waals surface area contributed by atoms with Gasteiger partial charge in [0.1, 0.15) is 0 Å². The first-order valence-corrected chi connectivity index (χ1v) is 12.3. The van der Waals surface area contributed by atoms with Crippen molar-refractivity contribution in [3.8, 4) is 11.1 Å². The summed E-state index contributed by atoms with van der Waals surface area (Å²) >= 11 is 0. The van der Waals surface area contributed by atoms with Gasteiger partial charge in [0, 0.05) is 5.41 Å². The molecule has 0 amide bonds. The van der Waals surface area contributed by atoms with Gasteiger partial charge in [0.15, 0.2) is 0 Å². The fourth-order valence-electron chi connectivity index (χ4n) is 6.15. The van der Waals surface area contributed by atoms with E-state index in [9.17, 15) is 0 Å². The lowest BCUT2D eigenvalue weighted by Crippen LogP contribution is -2.27. The number of benzene rings is 2. The molecule has 2 aromatic rings. The molecule has 0 nitrogen and oxygen atoms in total. The zero-order chi connectivity index (χ0) is 22.0. The van der Waals surface area contributed by atoms with Crippen molar-refractivity contribution in [3.05, 3.63) is 82.0 Å². The molecule has 0 bridgehead atoms. The smallest absolute Gasteiger partial charge is 0.0171 e. The van der Waals surface area contributed by atoms with Crippen LogP contribution in [0.1, 0.15) is 101 Å². The van der Waals surface area contributed by atoms with Gasteiger partial charge >= 0.3 is 0 Å². The molecular formula is C31H38. The largest absolute Gasteiger partial charge is 0.0804 e. The highest BCUT2D eigenvalue weighted by atomic mass is 14.5. The molecule has 5 rings (SSSR count). The molecule has 0 heteroatoms. The monoisotopic (exact) mass is 410 g/mol. The second kappa shape index (κ2) is 6.96. The predicted octanol–water partition coefficient (Wildman–Crippen LogP) is 8.55. The summed E-state index contributed by atoms with van der Waals surface area (Å²) in [6, 6.07) is 12.4. The quantitative estimate of drug-likeness (QED) is 0.397. The van der Waals surface area contributed by atoms with Gasteiger partial charge in [0.05, 0.1) is 0 Å². The standard InChI is InChI=1S/C31H38/c1-29(2,3)23-14-13-21-17-27-26(25(21)18-23)19-24(30(4,5)6)20-28(27)31(15-9-10-16-31)22-11-7-8-12-22/h7-8,11,13-14,18-20H,9-10,12,15-17H2,1-6H3. The van der Waals surface area contributed by atoms with Crippen molar-refractivity contribution in [3.63, 3.8) is 0 Å². The third-order valence-electron chi connectivity index (χ3n) is 8.11. The van der Waals surface area contributed by atoms with Gasteiger partial charge in [0.25, 0.3) is 0 Å². The first-order valence-electron chi connectivity index (χ1n) is 12.3. The molecule has 3 aliphatic rings. The van der Waals surface area contributed by atoms with E-state index >= 15 is 0 Å². The molecule has 162 valence electrons. The minimum absolute atomic E-state index is 0.149. The molecule has 3 aliphatic carbocycles. The minimum Gasteiger partial charge on any atom is -0.0804 e. The molecule has 0 spiro atoms. The van der Waals surface area contributed by atoms with Crippen LogP contribution in [0.4, 0.5) is 0 Å². The summed E-state index contributed by atoms with van der Waals surface area (Å²) in [5.41, 5.74) is 12.9. The Kier molecular flexibility index (Phi) is 4.67. The third-order valence-corrected chi connectivity index (χ3v) is 8.11. The summed E-state index contributed by atoms with van der Waals surface area (Å²) in [6.07, 6.45) is 14.6. The Morgan fingerprint density at radius 1 is 0.774 bits per heavy atom. The van der Waals surface area contributed by atoms with Gasteiger partial charge in [-0.2, -0.15) is 0 Å². The number of hydrogen-bond donors (Lipinski definition) is 0. The van der Waals surface area contributed by atoms with Gasteiger partial charge in [-0.1, -0.05) is 109 Å². The summed E-state index contributed by atoms with van der Waals surface area (Å²) in [6.45, 7) is 14.1. The topological polar surface area (TPSA) is 0 Å². The molecule has 0 atom stereocenters. The molecular weight excluding hydrogens is 372 g/mol. The van der Waals surface area contributed by atoms with Crippen LogP contribution in [0, 0.1) is 0 Å². The zero-order valence-corrected chi connectivity index (χ0v) is 20.4. The Balaban J connectivity index is 1.76. The van der Waals surface area contributed by atoms with Crippen LogP contribution in [0.15, 0.2) is 54.1 Å². The van der Waals surface area contributed by atoms with Crippen LogP contribution in [0.3, 0.4) is 0 Å². The minimum atomic E-state index is 0.149. The van der Waals surface area contributed by atoms with E-state index in [-0.39, 0.29) is 16.2 Å². The van der Waals surface area contributed by atoms with E-state index in [4.69, 9.17) is 0 Å². The van der Waals surface area contributed by atoms with Gasteiger partial charge in [0.2, 0.25) is 0 Å². The van der Waals surface area contributed by atoms with Crippen LogP contribution < -0.4 is 0 Å². The van der Waals surface area contributed by atoms with Gasteiger partial charge < -0.3 is 0 Å². The Morgan fingerprint density at radius 3 is 2.06 bits per heavy atom. The fourth-order valence-corrected chi connectivity index (χ4v) is 6.15. The van der Waals surface area contributed by atoms with Gasteiger partial charge in [-0.3, -0.25) is 0 Å². The number of fused-ring (bicyclic) bond motifs is 3. The van der Waals surface area contributed by atoms with Gasteiger partial charge in [-0.25, -0.2) is 0 Å². The molecule has 0 radical (unpaired) electrons. The highest BCUT2D eigenvalue weighted by Gasteiger charge is 2.42.